The van der Waals surface area contributed by atoms with Crippen molar-refractivity contribution in [2.24, 2.45) is 5.92 Å². The molecule has 0 fully saturated rings. The van der Waals surface area contributed by atoms with Crippen molar-refractivity contribution < 1.29 is 9.53 Å². The molecular weight excluding hydrogens is 322 g/mol. The zero-order chi connectivity index (χ0) is 17.5. The van der Waals surface area contributed by atoms with E-state index in [1.54, 1.807) is 19.2 Å². The van der Waals surface area contributed by atoms with E-state index in [0.717, 1.165) is 23.3 Å². The van der Waals surface area contributed by atoms with Crippen molar-refractivity contribution >= 4 is 17.5 Å². The highest BCUT2D eigenvalue weighted by Gasteiger charge is 2.16. The Morgan fingerprint density at radius 3 is 2.25 bits per heavy atom. The summed E-state index contributed by atoms with van der Waals surface area (Å²) in [5, 5.41) is 3.83. The van der Waals surface area contributed by atoms with E-state index in [9.17, 15) is 4.79 Å². The van der Waals surface area contributed by atoms with E-state index in [2.05, 4.69) is 19.2 Å². The normalized spacial score (nSPS) is 12.0. The third-order valence-corrected chi connectivity index (χ3v) is 4.09. The molecule has 0 radical (unpaired) electrons. The number of methoxy groups -OCH3 is 1. The van der Waals surface area contributed by atoms with E-state index < -0.39 is 0 Å². The fourth-order valence-corrected chi connectivity index (χ4v) is 2.74. The molecule has 1 unspecified atom stereocenters. The minimum atomic E-state index is -0.00398. The van der Waals surface area contributed by atoms with Crippen LogP contribution in [0.2, 0.25) is 5.02 Å². The van der Waals surface area contributed by atoms with Crippen molar-refractivity contribution in [1.82, 2.24) is 5.32 Å². The topological polar surface area (TPSA) is 38.3 Å². The Morgan fingerprint density at radius 2 is 1.71 bits per heavy atom. The van der Waals surface area contributed by atoms with Gasteiger partial charge in [0.05, 0.1) is 19.6 Å². The molecule has 128 valence electrons. The molecule has 0 aliphatic rings. The smallest absolute Gasteiger partial charge is 0.224 e. The zero-order valence-corrected chi connectivity index (χ0v) is 15.1. The first kappa shape index (κ1) is 18.3. The van der Waals surface area contributed by atoms with E-state index >= 15 is 0 Å². The molecule has 0 bridgehead atoms. The molecule has 0 saturated carbocycles. The van der Waals surface area contributed by atoms with Crippen molar-refractivity contribution in [2.45, 2.75) is 32.7 Å². The molecule has 1 N–H and O–H groups in total. The number of carbonyl (C=O) groups excluding carboxylic acids is 1. The quantitative estimate of drug-likeness (QED) is 0.783. The summed E-state index contributed by atoms with van der Waals surface area (Å²) in [5.41, 5.74) is 2.05. The summed E-state index contributed by atoms with van der Waals surface area (Å²) in [7, 11) is 1.65. The molecule has 1 amide bonds. The molecular formula is C20H24ClNO2. The zero-order valence-electron chi connectivity index (χ0n) is 14.4. The average Bonchev–Trinajstić information content (AvgIpc) is 2.56. The van der Waals surface area contributed by atoms with Crippen LogP contribution in [0, 0.1) is 5.92 Å². The Labute approximate surface area is 149 Å². The molecule has 0 aliphatic heterocycles. The largest absolute Gasteiger partial charge is 0.497 e. The lowest BCUT2D eigenvalue weighted by molar-refractivity contribution is -0.121. The van der Waals surface area contributed by atoms with Crippen LogP contribution < -0.4 is 10.1 Å². The van der Waals surface area contributed by atoms with Crippen molar-refractivity contribution in [3.63, 3.8) is 0 Å². The Bertz CT molecular complexity index is 650. The first-order chi connectivity index (χ1) is 11.5. The van der Waals surface area contributed by atoms with Gasteiger partial charge < -0.3 is 10.1 Å². The molecule has 2 rings (SSSR count). The van der Waals surface area contributed by atoms with E-state index in [1.165, 1.54) is 0 Å². The second-order valence-corrected chi connectivity index (χ2v) is 6.76. The van der Waals surface area contributed by atoms with Gasteiger partial charge in [-0.1, -0.05) is 49.7 Å². The molecule has 4 heteroatoms. The molecule has 24 heavy (non-hydrogen) atoms. The second kappa shape index (κ2) is 8.74. The highest BCUT2D eigenvalue weighted by atomic mass is 35.5. The number of carbonyl (C=O) groups is 1. The van der Waals surface area contributed by atoms with Crippen LogP contribution in [0.1, 0.15) is 37.4 Å². The summed E-state index contributed by atoms with van der Waals surface area (Å²) in [4.78, 5) is 12.4. The lowest BCUT2D eigenvalue weighted by Gasteiger charge is -2.21. The molecule has 2 aromatic carbocycles. The maximum Gasteiger partial charge on any atom is 0.224 e. The maximum atomic E-state index is 12.4. The fraction of sp³-hybridized carbons (Fsp3) is 0.350. The molecule has 0 spiro atoms. The van der Waals surface area contributed by atoms with Crippen molar-refractivity contribution in [3.05, 3.63) is 64.7 Å². The van der Waals surface area contributed by atoms with E-state index in [0.29, 0.717) is 17.4 Å². The SMILES string of the molecule is COc1ccc(C(CC(C)C)NC(=O)Cc2ccc(Cl)cc2)cc1. The minimum absolute atomic E-state index is 0.00398. The van der Waals surface area contributed by atoms with Crippen LogP contribution in [0.4, 0.5) is 0 Å². The van der Waals surface area contributed by atoms with Crippen LogP contribution >= 0.6 is 11.6 Å². The van der Waals surface area contributed by atoms with Gasteiger partial charge >= 0.3 is 0 Å². The Balaban J connectivity index is 2.06. The van der Waals surface area contributed by atoms with Gasteiger partial charge in [-0.3, -0.25) is 4.79 Å². The van der Waals surface area contributed by atoms with Gasteiger partial charge in [-0.15, -0.1) is 0 Å². The Hall–Kier alpha value is -2.00. The third kappa shape index (κ3) is 5.57. The molecule has 1 atom stereocenters. The Morgan fingerprint density at radius 1 is 1.08 bits per heavy atom. The van der Waals surface area contributed by atoms with Crippen LogP contribution in [0.5, 0.6) is 5.75 Å². The van der Waals surface area contributed by atoms with Crippen LogP contribution in [0.25, 0.3) is 0 Å². The van der Waals surface area contributed by atoms with E-state index in [4.69, 9.17) is 16.3 Å². The average molecular weight is 346 g/mol. The molecule has 3 nitrogen and oxygen atoms in total. The second-order valence-electron chi connectivity index (χ2n) is 6.33. The standard InChI is InChI=1S/C20H24ClNO2/c1-14(2)12-19(16-6-10-18(24-3)11-7-16)22-20(23)13-15-4-8-17(21)9-5-15/h4-11,14,19H,12-13H2,1-3H3,(H,22,23). The van der Waals surface area contributed by atoms with Gasteiger partial charge in [0, 0.05) is 5.02 Å². The van der Waals surface area contributed by atoms with Crippen molar-refractivity contribution in [2.75, 3.05) is 7.11 Å². The number of benzene rings is 2. The fourth-order valence-electron chi connectivity index (χ4n) is 2.62. The number of hydrogen-bond acceptors (Lipinski definition) is 2. The number of rotatable bonds is 7. The molecule has 0 heterocycles. The first-order valence-electron chi connectivity index (χ1n) is 8.15. The minimum Gasteiger partial charge on any atom is -0.497 e. The predicted molar refractivity (Wildman–Crippen MR) is 98.5 cm³/mol. The highest BCUT2D eigenvalue weighted by Crippen LogP contribution is 2.23. The van der Waals surface area contributed by atoms with Crippen molar-refractivity contribution in [1.29, 1.82) is 0 Å². The number of amides is 1. The highest BCUT2D eigenvalue weighted by molar-refractivity contribution is 6.30. The van der Waals surface area contributed by atoms with E-state index in [-0.39, 0.29) is 11.9 Å². The summed E-state index contributed by atoms with van der Waals surface area (Å²) in [6.07, 6.45) is 1.24. The van der Waals surface area contributed by atoms with Crippen LogP contribution in [0.3, 0.4) is 0 Å². The molecule has 0 saturated heterocycles. The van der Waals surface area contributed by atoms with E-state index in [1.807, 2.05) is 36.4 Å². The number of ether oxygens (including phenoxy) is 1. The monoisotopic (exact) mass is 345 g/mol. The Kier molecular flexibility index (Phi) is 6.68. The lowest BCUT2D eigenvalue weighted by atomic mass is 9.96. The van der Waals surface area contributed by atoms with Gasteiger partial charge in [-0.2, -0.15) is 0 Å². The maximum absolute atomic E-state index is 12.4. The molecule has 0 aromatic heterocycles. The lowest BCUT2D eigenvalue weighted by Crippen LogP contribution is -2.30. The van der Waals surface area contributed by atoms with Gasteiger partial charge in [0.25, 0.3) is 0 Å². The third-order valence-electron chi connectivity index (χ3n) is 3.84. The van der Waals surface area contributed by atoms with Gasteiger partial charge in [-0.05, 0) is 47.7 Å². The van der Waals surface area contributed by atoms with Crippen LogP contribution in [0.15, 0.2) is 48.5 Å². The van der Waals surface area contributed by atoms with Crippen molar-refractivity contribution in [3.8, 4) is 5.75 Å². The summed E-state index contributed by atoms with van der Waals surface area (Å²) in [6, 6.07) is 15.2. The van der Waals surface area contributed by atoms with Crippen LogP contribution in [-0.2, 0) is 11.2 Å². The van der Waals surface area contributed by atoms with Crippen LogP contribution in [-0.4, -0.2) is 13.0 Å². The molecule has 2 aromatic rings. The number of hydrogen-bond donors (Lipinski definition) is 1. The summed E-state index contributed by atoms with van der Waals surface area (Å²) < 4.78 is 5.20. The molecule has 0 aliphatic carbocycles. The van der Waals surface area contributed by atoms with Gasteiger partial charge in [0.2, 0.25) is 5.91 Å². The number of nitrogens with one attached hydrogen (secondary N) is 1. The van der Waals surface area contributed by atoms with Gasteiger partial charge in [0.15, 0.2) is 0 Å². The van der Waals surface area contributed by atoms with Gasteiger partial charge in [0.1, 0.15) is 5.75 Å². The summed E-state index contributed by atoms with van der Waals surface area (Å²) >= 11 is 5.88. The number of halogens is 1. The summed E-state index contributed by atoms with van der Waals surface area (Å²) in [5.74, 6) is 1.31. The predicted octanol–water partition coefficient (Wildman–Crippen LogP) is 4.79. The summed E-state index contributed by atoms with van der Waals surface area (Å²) in [6.45, 7) is 4.31. The van der Waals surface area contributed by atoms with Gasteiger partial charge in [-0.25, -0.2) is 0 Å². The first-order valence-corrected chi connectivity index (χ1v) is 8.53.